The number of nitrogen functional groups attached to an aromatic ring is 1. The monoisotopic (exact) mass is 344 g/mol. The molecule has 21 heavy (non-hydrogen) atoms. The van der Waals surface area contributed by atoms with Crippen molar-refractivity contribution >= 4 is 52.2 Å². The zero-order valence-corrected chi connectivity index (χ0v) is 13.0. The molecule has 0 aromatic heterocycles. The summed E-state index contributed by atoms with van der Waals surface area (Å²) in [5.74, 6) is -0.535. The van der Waals surface area contributed by atoms with Crippen molar-refractivity contribution in [3.63, 3.8) is 0 Å². The second-order valence-electron chi connectivity index (χ2n) is 4.15. The average molecular weight is 345 g/mol. The molecule has 3 nitrogen and oxygen atoms in total. The molecule has 0 aliphatic rings. The lowest BCUT2D eigenvalue weighted by Gasteiger charge is -2.07. The third-order valence-corrected chi connectivity index (χ3v) is 4.35. The molecule has 0 fully saturated rings. The van der Waals surface area contributed by atoms with Crippen molar-refractivity contribution in [2.75, 3.05) is 16.8 Å². The molecule has 0 heterocycles. The van der Waals surface area contributed by atoms with E-state index < -0.39 is 5.82 Å². The minimum Gasteiger partial charge on any atom is -0.398 e. The molecule has 0 aliphatic heterocycles. The van der Waals surface area contributed by atoms with Crippen LogP contribution in [-0.4, -0.2) is 11.7 Å². The molecule has 0 radical (unpaired) electrons. The Kier molecular flexibility index (Phi) is 5.33. The van der Waals surface area contributed by atoms with Crippen molar-refractivity contribution in [1.82, 2.24) is 0 Å². The maximum absolute atomic E-state index is 13.1. The van der Waals surface area contributed by atoms with Gasteiger partial charge in [0.2, 0.25) is 5.91 Å². The smallest absolute Gasteiger partial charge is 0.234 e. The van der Waals surface area contributed by atoms with Crippen LogP contribution in [0, 0.1) is 5.82 Å². The third-order valence-electron chi connectivity index (χ3n) is 2.54. The summed E-state index contributed by atoms with van der Waals surface area (Å²) in [4.78, 5) is 12.4. The number of halogens is 3. The Balaban J connectivity index is 1.95. The van der Waals surface area contributed by atoms with Crippen LogP contribution in [0.3, 0.4) is 0 Å². The molecule has 0 unspecified atom stereocenters. The summed E-state index contributed by atoms with van der Waals surface area (Å²) in [5, 5.41) is 3.45. The van der Waals surface area contributed by atoms with Crippen molar-refractivity contribution < 1.29 is 9.18 Å². The molecule has 2 aromatic carbocycles. The van der Waals surface area contributed by atoms with E-state index >= 15 is 0 Å². The van der Waals surface area contributed by atoms with Gasteiger partial charge in [0.15, 0.2) is 0 Å². The average Bonchev–Trinajstić information content (AvgIpc) is 2.44. The Hall–Kier alpha value is -1.43. The van der Waals surface area contributed by atoms with Crippen LogP contribution in [0.2, 0.25) is 10.0 Å². The van der Waals surface area contributed by atoms with Gasteiger partial charge in [-0.15, -0.1) is 11.8 Å². The molecule has 2 rings (SSSR count). The second-order valence-corrected chi connectivity index (χ2v) is 5.98. The van der Waals surface area contributed by atoms with Gasteiger partial charge in [-0.3, -0.25) is 4.79 Å². The highest BCUT2D eigenvalue weighted by Gasteiger charge is 2.08. The normalized spacial score (nSPS) is 10.4. The van der Waals surface area contributed by atoms with Crippen LogP contribution in [0.5, 0.6) is 0 Å². The van der Waals surface area contributed by atoms with E-state index in [-0.39, 0.29) is 11.7 Å². The van der Waals surface area contributed by atoms with Gasteiger partial charge in [-0.25, -0.2) is 4.39 Å². The number of nitrogens with two attached hydrogens (primary N) is 1. The molecule has 7 heteroatoms. The lowest BCUT2D eigenvalue weighted by atomic mass is 10.3. The minimum atomic E-state index is -0.392. The highest BCUT2D eigenvalue weighted by atomic mass is 35.5. The maximum atomic E-state index is 13.1. The van der Waals surface area contributed by atoms with Crippen molar-refractivity contribution in [2.45, 2.75) is 4.90 Å². The summed E-state index contributed by atoms with van der Waals surface area (Å²) in [7, 11) is 0. The number of carbonyl (C=O) groups is 1. The van der Waals surface area contributed by atoms with Crippen molar-refractivity contribution in [1.29, 1.82) is 0 Å². The first-order chi connectivity index (χ1) is 9.95. The Labute approximate surface area is 135 Å². The number of hydrogen-bond acceptors (Lipinski definition) is 3. The summed E-state index contributed by atoms with van der Waals surface area (Å²) in [6.07, 6.45) is 0. The third kappa shape index (κ3) is 4.52. The van der Waals surface area contributed by atoms with Gasteiger partial charge in [0.1, 0.15) is 5.82 Å². The SMILES string of the molecule is Nc1ccc(F)cc1SCC(=O)Nc1ccc(Cl)c(Cl)c1. The summed E-state index contributed by atoms with van der Waals surface area (Å²) < 4.78 is 13.1. The number of nitrogens with one attached hydrogen (secondary N) is 1. The topological polar surface area (TPSA) is 55.1 Å². The zero-order chi connectivity index (χ0) is 15.4. The summed E-state index contributed by atoms with van der Waals surface area (Å²) >= 11 is 12.8. The molecule has 0 spiro atoms. The Morgan fingerprint density at radius 3 is 2.67 bits per heavy atom. The van der Waals surface area contributed by atoms with Crippen LogP contribution >= 0.6 is 35.0 Å². The van der Waals surface area contributed by atoms with Crippen molar-refractivity contribution in [2.24, 2.45) is 0 Å². The standard InChI is InChI=1S/C14H11Cl2FN2OS/c15-10-3-2-9(6-11(10)16)19-14(20)7-21-13-5-8(17)1-4-12(13)18/h1-6H,7,18H2,(H,19,20). The molecular formula is C14H11Cl2FN2OS. The molecule has 3 N–H and O–H groups in total. The van der Waals surface area contributed by atoms with Crippen LogP contribution in [-0.2, 0) is 4.79 Å². The second kappa shape index (κ2) is 7.02. The molecule has 0 aliphatic carbocycles. The van der Waals surface area contributed by atoms with Gasteiger partial charge in [0.05, 0.1) is 15.8 Å². The van der Waals surface area contributed by atoms with E-state index in [1.165, 1.54) is 18.2 Å². The fourth-order valence-corrected chi connectivity index (χ4v) is 2.63. The number of rotatable bonds is 4. The lowest BCUT2D eigenvalue weighted by molar-refractivity contribution is -0.113. The predicted molar refractivity (Wildman–Crippen MR) is 86.6 cm³/mol. The lowest BCUT2D eigenvalue weighted by Crippen LogP contribution is -2.14. The number of thioether (sulfide) groups is 1. The Morgan fingerprint density at radius 2 is 1.95 bits per heavy atom. The van der Waals surface area contributed by atoms with Gasteiger partial charge in [0, 0.05) is 16.3 Å². The van der Waals surface area contributed by atoms with Crippen molar-refractivity contribution in [3.05, 3.63) is 52.3 Å². The van der Waals surface area contributed by atoms with Crippen LogP contribution < -0.4 is 11.1 Å². The number of hydrogen-bond donors (Lipinski definition) is 2. The number of amides is 1. The van der Waals surface area contributed by atoms with E-state index in [1.807, 2.05) is 0 Å². The van der Waals surface area contributed by atoms with Crippen molar-refractivity contribution in [3.8, 4) is 0 Å². The van der Waals surface area contributed by atoms with Gasteiger partial charge >= 0.3 is 0 Å². The molecule has 1 amide bonds. The summed E-state index contributed by atoms with van der Waals surface area (Å²) in [6, 6.07) is 8.84. The van der Waals surface area contributed by atoms with Crippen LogP contribution in [0.15, 0.2) is 41.3 Å². The molecular weight excluding hydrogens is 334 g/mol. The van der Waals surface area contributed by atoms with Gasteiger partial charge in [0.25, 0.3) is 0 Å². The van der Waals surface area contributed by atoms with E-state index in [4.69, 9.17) is 28.9 Å². The van der Waals surface area contributed by atoms with E-state index in [0.29, 0.717) is 26.3 Å². The van der Waals surface area contributed by atoms with Gasteiger partial charge in [-0.05, 0) is 36.4 Å². The molecule has 2 aromatic rings. The first-order valence-corrected chi connectivity index (χ1v) is 7.62. The number of anilines is 2. The quantitative estimate of drug-likeness (QED) is 0.636. The molecule has 110 valence electrons. The van der Waals surface area contributed by atoms with E-state index in [9.17, 15) is 9.18 Å². The fourth-order valence-electron chi connectivity index (χ4n) is 1.55. The number of benzene rings is 2. The molecule has 0 bridgehead atoms. The van der Waals surface area contributed by atoms with Gasteiger partial charge in [-0.1, -0.05) is 23.2 Å². The highest BCUT2D eigenvalue weighted by Crippen LogP contribution is 2.27. The predicted octanol–water partition coefficient (Wildman–Crippen LogP) is 4.45. The zero-order valence-electron chi connectivity index (χ0n) is 10.7. The van der Waals surface area contributed by atoms with E-state index in [1.54, 1.807) is 18.2 Å². The molecule has 0 saturated heterocycles. The Morgan fingerprint density at radius 1 is 1.19 bits per heavy atom. The Bertz CT molecular complexity index is 682. The van der Waals surface area contributed by atoms with E-state index in [2.05, 4.69) is 5.32 Å². The minimum absolute atomic E-state index is 0.105. The van der Waals surface area contributed by atoms with Crippen LogP contribution in [0.1, 0.15) is 0 Å². The van der Waals surface area contributed by atoms with Gasteiger partial charge in [-0.2, -0.15) is 0 Å². The first kappa shape index (κ1) is 15.9. The summed E-state index contributed by atoms with van der Waals surface area (Å²) in [6.45, 7) is 0. The van der Waals surface area contributed by atoms with E-state index in [0.717, 1.165) is 11.8 Å². The molecule has 0 saturated carbocycles. The van der Waals surface area contributed by atoms with Gasteiger partial charge < -0.3 is 11.1 Å². The highest BCUT2D eigenvalue weighted by molar-refractivity contribution is 8.00. The van der Waals surface area contributed by atoms with Crippen LogP contribution in [0.4, 0.5) is 15.8 Å². The van der Waals surface area contributed by atoms with Crippen LogP contribution in [0.25, 0.3) is 0 Å². The first-order valence-electron chi connectivity index (χ1n) is 5.88. The number of carbonyl (C=O) groups excluding carboxylic acids is 1. The largest absolute Gasteiger partial charge is 0.398 e. The fraction of sp³-hybridized carbons (Fsp3) is 0.0714. The summed E-state index contributed by atoms with van der Waals surface area (Å²) in [5.41, 5.74) is 6.69. The maximum Gasteiger partial charge on any atom is 0.234 e. The molecule has 0 atom stereocenters.